The van der Waals surface area contributed by atoms with Crippen LogP contribution < -0.4 is 4.74 Å². The van der Waals surface area contributed by atoms with Gasteiger partial charge < -0.3 is 14.6 Å². The van der Waals surface area contributed by atoms with E-state index in [1.54, 1.807) is 26.4 Å². The molecule has 0 bridgehead atoms. The molecule has 0 aliphatic carbocycles. The first-order valence-corrected chi connectivity index (χ1v) is 9.35. The van der Waals surface area contributed by atoms with Gasteiger partial charge >= 0.3 is 0 Å². The summed E-state index contributed by atoms with van der Waals surface area (Å²) in [6.45, 7) is 10.2. The van der Waals surface area contributed by atoms with Crippen molar-refractivity contribution < 1.29 is 19.0 Å². The van der Waals surface area contributed by atoms with E-state index in [0.29, 0.717) is 17.7 Å². The highest BCUT2D eigenvalue weighted by molar-refractivity contribution is 5.70. The second-order valence-corrected chi connectivity index (χ2v) is 6.33. The van der Waals surface area contributed by atoms with Crippen LogP contribution in [-0.2, 0) is 17.6 Å². The van der Waals surface area contributed by atoms with Gasteiger partial charge in [0, 0.05) is 26.2 Å². The smallest absolute Gasteiger partial charge is 0.131 e. The lowest BCUT2D eigenvalue weighted by molar-refractivity contribution is 0.0233. The fourth-order valence-corrected chi connectivity index (χ4v) is 2.64. The number of hydrogen-bond acceptors (Lipinski definition) is 3. The number of ether oxygens (including phenoxy) is 2. The summed E-state index contributed by atoms with van der Waals surface area (Å²) in [4.78, 5) is 0. The van der Waals surface area contributed by atoms with Gasteiger partial charge in [0.2, 0.25) is 0 Å². The zero-order valence-corrected chi connectivity index (χ0v) is 18.0. The summed E-state index contributed by atoms with van der Waals surface area (Å²) in [6.07, 6.45) is 1.66. The van der Waals surface area contributed by atoms with Crippen molar-refractivity contribution in [2.24, 2.45) is 0 Å². The Labute approximate surface area is 164 Å². The quantitative estimate of drug-likeness (QED) is 0.704. The Morgan fingerprint density at radius 1 is 0.963 bits per heavy atom. The minimum Gasteiger partial charge on any atom is -0.497 e. The van der Waals surface area contributed by atoms with Crippen molar-refractivity contribution in [3.8, 4) is 16.9 Å². The number of aryl methyl sites for hydroxylation is 1. The fourth-order valence-electron chi connectivity index (χ4n) is 2.64. The number of methoxy groups -OCH3 is 2. The lowest BCUT2D eigenvalue weighted by Gasteiger charge is -2.25. The SMILES string of the molecule is CC.CCc1ccc(-c2cc(OC)ccc2F)c(CC(C)(C)OC)c1.CO. The van der Waals surface area contributed by atoms with Crippen molar-refractivity contribution >= 4 is 0 Å². The monoisotopic (exact) mass is 378 g/mol. The van der Waals surface area contributed by atoms with Crippen molar-refractivity contribution in [3.05, 3.63) is 53.3 Å². The number of benzene rings is 2. The highest BCUT2D eigenvalue weighted by Gasteiger charge is 2.21. The third-order valence-electron chi connectivity index (χ3n) is 4.21. The van der Waals surface area contributed by atoms with Gasteiger partial charge in [-0.1, -0.05) is 39.0 Å². The van der Waals surface area contributed by atoms with Crippen LogP contribution in [0.25, 0.3) is 11.1 Å². The van der Waals surface area contributed by atoms with E-state index in [9.17, 15) is 4.39 Å². The van der Waals surface area contributed by atoms with Crippen molar-refractivity contribution in [1.82, 2.24) is 0 Å². The van der Waals surface area contributed by atoms with E-state index in [2.05, 4.69) is 19.1 Å². The predicted octanol–water partition coefficient (Wildman–Crippen LogP) is 5.67. The predicted molar refractivity (Wildman–Crippen MR) is 112 cm³/mol. The Hall–Kier alpha value is -1.91. The molecule has 3 nitrogen and oxygen atoms in total. The summed E-state index contributed by atoms with van der Waals surface area (Å²) in [6, 6.07) is 11.0. The van der Waals surface area contributed by atoms with Crippen LogP contribution in [0, 0.1) is 5.82 Å². The van der Waals surface area contributed by atoms with E-state index in [1.807, 2.05) is 33.8 Å². The molecule has 27 heavy (non-hydrogen) atoms. The van der Waals surface area contributed by atoms with E-state index in [0.717, 1.165) is 24.7 Å². The van der Waals surface area contributed by atoms with Gasteiger partial charge in [0.05, 0.1) is 12.7 Å². The maximum Gasteiger partial charge on any atom is 0.131 e. The molecular weight excluding hydrogens is 343 g/mol. The van der Waals surface area contributed by atoms with Crippen LogP contribution >= 0.6 is 0 Å². The first-order chi connectivity index (χ1) is 12.9. The molecule has 0 spiro atoms. The van der Waals surface area contributed by atoms with Gasteiger partial charge in [-0.2, -0.15) is 0 Å². The number of halogens is 1. The number of aliphatic hydroxyl groups is 1. The molecule has 0 saturated heterocycles. The molecule has 0 amide bonds. The van der Waals surface area contributed by atoms with E-state index < -0.39 is 0 Å². The molecule has 0 unspecified atom stereocenters. The molecule has 1 N–H and O–H groups in total. The first-order valence-electron chi connectivity index (χ1n) is 9.35. The zero-order valence-electron chi connectivity index (χ0n) is 18.0. The minimum absolute atomic E-state index is 0.244. The second kappa shape index (κ2) is 12.5. The summed E-state index contributed by atoms with van der Waals surface area (Å²) in [7, 11) is 4.29. The molecule has 0 fully saturated rings. The van der Waals surface area contributed by atoms with Crippen LogP contribution in [-0.4, -0.2) is 32.0 Å². The van der Waals surface area contributed by atoms with Gasteiger partial charge in [-0.3, -0.25) is 0 Å². The summed E-state index contributed by atoms with van der Waals surface area (Å²) >= 11 is 0. The van der Waals surface area contributed by atoms with Crippen molar-refractivity contribution in [2.45, 2.75) is 53.1 Å². The standard InChI is InChI=1S/C20H25FO2.C2H6.CH4O/c1-6-14-7-9-17(15(11-14)13-20(2,3)23-5)18-12-16(22-4)8-10-19(18)21;2*1-2/h7-12H,6,13H2,1-5H3;1-2H3;2H,1H3. The molecule has 0 atom stereocenters. The molecule has 0 saturated carbocycles. The summed E-state index contributed by atoms with van der Waals surface area (Å²) in [5.74, 6) is 0.407. The Bertz CT molecular complexity index is 681. The van der Waals surface area contributed by atoms with Gasteiger partial charge in [0.15, 0.2) is 0 Å². The van der Waals surface area contributed by atoms with Crippen LogP contribution in [0.3, 0.4) is 0 Å². The number of hydrogen-bond donors (Lipinski definition) is 1. The third kappa shape index (κ3) is 7.31. The molecule has 0 heterocycles. The lowest BCUT2D eigenvalue weighted by atomic mass is 9.89. The highest BCUT2D eigenvalue weighted by Crippen LogP contribution is 2.33. The van der Waals surface area contributed by atoms with Gasteiger partial charge in [0.25, 0.3) is 0 Å². The second-order valence-electron chi connectivity index (χ2n) is 6.33. The molecule has 2 aromatic rings. The maximum atomic E-state index is 14.4. The zero-order chi connectivity index (χ0) is 21.0. The lowest BCUT2D eigenvalue weighted by Crippen LogP contribution is -2.25. The van der Waals surface area contributed by atoms with Crippen LogP contribution in [0.2, 0.25) is 0 Å². The van der Waals surface area contributed by atoms with Gasteiger partial charge in [0.1, 0.15) is 11.6 Å². The van der Waals surface area contributed by atoms with E-state index in [-0.39, 0.29) is 11.4 Å². The van der Waals surface area contributed by atoms with E-state index >= 15 is 0 Å². The maximum absolute atomic E-state index is 14.4. The molecule has 0 aliphatic heterocycles. The fraction of sp³-hybridized carbons (Fsp3) is 0.478. The Morgan fingerprint density at radius 2 is 1.59 bits per heavy atom. The highest BCUT2D eigenvalue weighted by atomic mass is 19.1. The summed E-state index contributed by atoms with van der Waals surface area (Å²) in [5, 5.41) is 7.00. The topological polar surface area (TPSA) is 38.7 Å². The molecule has 152 valence electrons. The number of rotatable bonds is 6. The molecule has 0 aromatic heterocycles. The third-order valence-corrected chi connectivity index (χ3v) is 4.21. The first kappa shape index (κ1) is 25.1. The van der Waals surface area contributed by atoms with Gasteiger partial charge in [-0.05, 0) is 55.2 Å². The molecule has 4 heteroatoms. The van der Waals surface area contributed by atoms with E-state index in [4.69, 9.17) is 14.6 Å². The Kier molecular flexibility index (Phi) is 11.6. The molecule has 0 radical (unpaired) electrons. The molecule has 2 aromatic carbocycles. The Morgan fingerprint density at radius 3 is 2.11 bits per heavy atom. The Balaban J connectivity index is 0.00000158. The summed E-state index contributed by atoms with van der Waals surface area (Å²) in [5.41, 5.74) is 3.47. The largest absolute Gasteiger partial charge is 0.497 e. The number of aliphatic hydroxyl groups excluding tert-OH is 1. The molecule has 0 aliphatic rings. The van der Waals surface area contributed by atoms with Crippen LogP contribution in [0.5, 0.6) is 5.75 Å². The van der Waals surface area contributed by atoms with Gasteiger partial charge in [-0.15, -0.1) is 0 Å². The van der Waals surface area contributed by atoms with Crippen molar-refractivity contribution in [1.29, 1.82) is 0 Å². The minimum atomic E-state index is -0.309. The van der Waals surface area contributed by atoms with E-state index in [1.165, 1.54) is 11.6 Å². The van der Waals surface area contributed by atoms with Crippen LogP contribution in [0.1, 0.15) is 45.7 Å². The van der Waals surface area contributed by atoms with Crippen LogP contribution in [0.4, 0.5) is 4.39 Å². The van der Waals surface area contributed by atoms with Crippen molar-refractivity contribution in [3.63, 3.8) is 0 Å². The van der Waals surface area contributed by atoms with Crippen LogP contribution in [0.15, 0.2) is 36.4 Å². The van der Waals surface area contributed by atoms with Gasteiger partial charge in [-0.25, -0.2) is 4.39 Å². The average Bonchev–Trinajstić information content (AvgIpc) is 2.71. The van der Waals surface area contributed by atoms with Crippen molar-refractivity contribution in [2.75, 3.05) is 21.3 Å². The average molecular weight is 379 g/mol. The molecule has 2 rings (SSSR count). The molecular formula is C23H35FO3. The normalized spacial score (nSPS) is 10.3. The summed E-state index contributed by atoms with van der Waals surface area (Å²) < 4.78 is 25.2.